The Labute approximate surface area is 177 Å². The van der Waals surface area contributed by atoms with Crippen molar-refractivity contribution in [1.82, 2.24) is 5.43 Å². The minimum atomic E-state index is -0.506. The number of nitrogens with zero attached hydrogens (tertiary/aromatic N) is 1. The van der Waals surface area contributed by atoms with Crippen molar-refractivity contribution in [2.24, 2.45) is 5.10 Å². The third kappa shape index (κ3) is 6.52. The first-order chi connectivity index (χ1) is 13.4. The largest absolute Gasteiger partial charge is 0.493 e. The number of hydrogen-bond acceptors (Lipinski definition) is 5. The molecule has 0 heterocycles. The van der Waals surface area contributed by atoms with E-state index in [1.54, 1.807) is 25.3 Å². The van der Waals surface area contributed by atoms with Crippen LogP contribution in [0.15, 0.2) is 41.5 Å². The fourth-order valence-electron chi connectivity index (χ4n) is 2.30. The van der Waals surface area contributed by atoms with Crippen LogP contribution in [0, 0.1) is 10.5 Å². The van der Waals surface area contributed by atoms with E-state index in [-0.39, 0.29) is 6.42 Å². The van der Waals surface area contributed by atoms with Gasteiger partial charge in [-0.1, -0.05) is 17.7 Å². The maximum atomic E-state index is 11.9. The molecule has 2 N–H and O–H groups in total. The van der Waals surface area contributed by atoms with E-state index in [1.165, 1.54) is 6.21 Å². The molecule has 0 fully saturated rings. The molecule has 2 aromatic carbocycles. The minimum Gasteiger partial charge on any atom is -0.493 e. The maximum Gasteiger partial charge on any atom is 0.249 e. The Kier molecular flexibility index (Phi) is 8.24. The highest BCUT2D eigenvalue weighted by atomic mass is 127. The van der Waals surface area contributed by atoms with Gasteiger partial charge in [0, 0.05) is 5.69 Å². The number of halogens is 1. The quantitative estimate of drug-likeness (QED) is 0.254. The molecule has 0 unspecified atom stereocenters. The van der Waals surface area contributed by atoms with Crippen LogP contribution >= 0.6 is 22.6 Å². The molecule has 7 nitrogen and oxygen atoms in total. The minimum absolute atomic E-state index is 0.324. The second-order valence-electron chi connectivity index (χ2n) is 5.85. The molecule has 0 radical (unpaired) electrons. The zero-order valence-electron chi connectivity index (χ0n) is 15.9. The summed E-state index contributed by atoms with van der Waals surface area (Å²) in [6, 6.07) is 10.9. The summed E-state index contributed by atoms with van der Waals surface area (Å²) in [5.41, 5.74) is 4.81. The number of amides is 2. The van der Waals surface area contributed by atoms with Crippen LogP contribution in [0.5, 0.6) is 11.5 Å². The highest BCUT2D eigenvalue weighted by molar-refractivity contribution is 14.1. The van der Waals surface area contributed by atoms with Crippen molar-refractivity contribution in [2.45, 2.75) is 20.3 Å². The van der Waals surface area contributed by atoms with Crippen molar-refractivity contribution >= 4 is 46.3 Å². The Morgan fingerprint density at radius 1 is 1.18 bits per heavy atom. The summed E-state index contributed by atoms with van der Waals surface area (Å²) in [5, 5.41) is 6.57. The Bertz CT molecular complexity index is 866. The summed E-state index contributed by atoms with van der Waals surface area (Å²) in [7, 11) is 1.56. The first-order valence-corrected chi connectivity index (χ1v) is 9.69. The van der Waals surface area contributed by atoms with E-state index < -0.39 is 11.8 Å². The number of methoxy groups -OCH3 is 1. The van der Waals surface area contributed by atoms with E-state index in [9.17, 15) is 9.59 Å². The van der Waals surface area contributed by atoms with Crippen LogP contribution in [-0.2, 0) is 9.59 Å². The van der Waals surface area contributed by atoms with Gasteiger partial charge in [0.25, 0.3) is 0 Å². The second-order valence-corrected chi connectivity index (χ2v) is 7.01. The number of aryl methyl sites for hydroxylation is 1. The van der Waals surface area contributed by atoms with Gasteiger partial charge in [0.1, 0.15) is 6.42 Å². The lowest BCUT2D eigenvalue weighted by Crippen LogP contribution is -2.24. The molecular weight excluding hydrogens is 473 g/mol. The van der Waals surface area contributed by atoms with Gasteiger partial charge in [-0.25, -0.2) is 5.43 Å². The molecule has 148 valence electrons. The SMILES string of the molecule is CCOc1c(I)cc(C=NNC(=O)CC(=O)Nc2ccc(C)cc2)cc1OC. The van der Waals surface area contributed by atoms with Crippen molar-refractivity contribution < 1.29 is 19.1 Å². The number of hydrazone groups is 1. The highest BCUT2D eigenvalue weighted by Gasteiger charge is 2.11. The molecular formula is C20H22IN3O4. The average Bonchev–Trinajstić information content (AvgIpc) is 2.65. The van der Waals surface area contributed by atoms with Gasteiger partial charge in [0.15, 0.2) is 11.5 Å². The van der Waals surface area contributed by atoms with Gasteiger partial charge < -0.3 is 14.8 Å². The number of carbonyl (C=O) groups excluding carboxylic acids is 2. The predicted octanol–water partition coefficient (Wildman–Crippen LogP) is 3.49. The van der Waals surface area contributed by atoms with Crippen molar-refractivity contribution in [3.05, 3.63) is 51.1 Å². The van der Waals surface area contributed by atoms with Crippen LogP contribution in [0.2, 0.25) is 0 Å². The summed E-state index contributed by atoms with van der Waals surface area (Å²) in [6.45, 7) is 4.38. The average molecular weight is 495 g/mol. The lowest BCUT2D eigenvalue weighted by atomic mass is 10.2. The van der Waals surface area contributed by atoms with Crippen LogP contribution in [-0.4, -0.2) is 31.7 Å². The fourth-order valence-corrected chi connectivity index (χ4v) is 3.09. The first kappa shape index (κ1) is 21.7. The molecule has 0 atom stereocenters. The molecule has 0 bridgehead atoms. The molecule has 0 spiro atoms. The number of benzene rings is 2. The zero-order valence-corrected chi connectivity index (χ0v) is 18.1. The first-order valence-electron chi connectivity index (χ1n) is 8.61. The molecule has 28 heavy (non-hydrogen) atoms. The van der Waals surface area contributed by atoms with E-state index in [4.69, 9.17) is 9.47 Å². The molecule has 0 aliphatic rings. The number of ether oxygens (including phenoxy) is 2. The summed E-state index contributed by atoms with van der Waals surface area (Å²) in [4.78, 5) is 23.8. The molecule has 0 saturated carbocycles. The van der Waals surface area contributed by atoms with Gasteiger partial charge in [0.2, 0.25) is 11.8 Å². The zero-order chi connectivity index (χ0) is 20.5. The van der Waals surface area contributed by atoms with Crippen molar-refractivity contribution in [3.8, 4) is 11.5 Å². The van der Waals surface area contributed by atoms with Crippen LogP contribution in [0.3, 0.4) is 0 Å². The standard InChI is InChI=1S/C20H22IN3O4/c1-4-28-20-16(21)9-14(10-17(20)27-3)12-22-24-19(26)11-18(25)23-15-7-5-13(2)6-8-15/h5-10,12H,4,11H2,1-3H3,(H,23,25)(H,24,26). The molecule has 0 aliphatic heterocycles. The summed E-state index contributed by atoms with van der Waals surface area (Å²) in [5.74, 6) is 0.334. The Balaban J connectivity index is 1.91. The normalized spacial score (nSPS) is 10.6. The van der Waals surface area contributed by atoms with Gasteiger partial charge >= 0.3 is 0 Å². The monoisotopic (exact) mass is 495 g/mol. The molecule has 2 amide bonds. The Hall–Kier alpha value is -2.62. The van der Waals surface area contributed by atoms with Gasteiger partial charge in [-0.15, -0.1) is 0 Å². The summed E-state index contributed by atoms with van der Waals surface area (Å²) < 4.78 is 11.8. The predicted molar refractivity (Wildman–Crippen MR) is 117 cm³/mol. The third-order valence-electron chi connectivity index (χ3n) is 3.60. The topological polar surface area (TPSA) is 89.0 Å². The maximum absolute atomic E-state index is 11.9. The number of anilines is 1. The molecule has 0 aromatic heterocycles. The van der Waals surface area contributed by atoms with Crippen LogP contribution < -0.4 is 20.2 Å². The lowest BCUT2D eigenvalue weighted by molar-refractivity contribution is -0.126. The van der Waals surface area contributed by atoms with E-state index in [2.05, 4.69) is 38.4 Å². The van der Waals surface area contributed by atoms with E-state index >= 15 is 0 Å². The van der Waals surface area contributed by atoms with Crippen LogP contribution in [0.25, 0.3) is 0 Å². The third-order valence-corrected chi connectivity index (χ3v) is 4.40. The van der Waals surface area contributed by atoms with E-state index in [0.29, 0.717) is 23.8 Å². The smallest absolute Gasteiger partial charge is 0.249 e. The Morgan fingerprint density at radius 3 is 2.54 bits per heavy atom. The number of nitrogens with one attached hydrogen (secondary N) is 2. The number of carbonyl (C=O) groups is 2. The molecule has 8 heteroatoms. The molecule has 0 saturated heterocycles. The van der Waals surface area contributed by atoms with Gasteiger partial charge in [-0.2, -0.15) is 5.10 Å². The molecule has 2 rings (SSSR count). The summed E-state index contributed by atoms with van der Waals surface area (Å²) >= 11 is 2.14. The summed E-state index contributed by atoms with van der Waals surface area (Å²) in [6.07, 6.45) is 1.16. The number of hydrogen-bond donors (Lipinski definition) is 2. The highest BCUT2D eigenvalue weighted by Crippen LogP contribution is 2.33. The van der Waals surface area contributed by atoms with Crippen LogP contribution in [0.1, 0.15) is 24.5 Å². The van der Waals surface area contributed by atoms with E-state index in [0.717, 1.165) is 14.7 Å². The van der Waals surface area contributed by atoms with Gasteiger partial charge in [-0.3, -0.25) is 9.59 Å². The van der Waals surface area contributed by atoms with Gasteiger partial charge in [0.05, 0.1) is 23.5 Å². The molecule has 2 aromatic rings. The number of rotatable bonds is 8. The fraction of sp³-hybridized carbons (Fsp3) is 0.250. The van der Waals surface area contributed by atoms with Crippen molar-refractivity contribution in [2.75, 3.05) is 19.0 Å². The lowest BCUT2D eigenvalue weighted by Gasteiger charge is -2.12. The van der Waals surface area contributed by atoms with Crippen LogP contribution in [0.4, 0.5) is 5.69 Å². The second kappa shape index (κ2) is 10.6. The molecule has 0 aliphatic carbocycles. The van der Waals surface area contributed by atoms with E-state index in [1.807, 2.05) is 32.0 Å². The Morgan fingerprint density at radius 2 is 1.89 bits per heavy atom. The van der Waals surface area contributed by atoms with Crippen molar-refractivity contribution in [1.29, 1.82) is 0 Å². The van der Waals surface area contributed by atoms with Crippen molar-refractivity contribution in [3.63, 3.8) is 0 Å². The van der Waals surface area contributed by atoms with Gasteiger partial charge in [-0.05, 0) is 66.3 Å².